The van der Waals surface area contributed by atoms with Gasteiger partial charge in [-0.15, -0.1) is 0 Å². The van der Waals surface area contributed by atoms with E-state index in [1.165, 1.54) is 0 Å². The molecule has 0 fully saturated rings. The summed E-state index contributed by atoms with van der Waals surface area (Å²) in [5, 5.41) is 13.8. The third-order valence-electron chi connectivity index (χ3n) is 2.70. The number of carboxylic acid groups (broad SMARTS) is 1. The molecule has 1 rings (SSSR count). The quantitative estimate of drug-likeness (QED) is 0.519. The molecule has 1 aromatic rings. The molecule has 21 heavy (non-hydrogen) atoms. The number of urea groups is 1. The van der Waals surface area contributed by atoms with Gasteiger partial charge in [0.2, 0.25) is 5.91 Å². The molecule has 0 radical (unpaired) electrons. The molecule has 0 aromatic carbocycles. The fraction of sp³-hybridized carbons (Fsp3) is 0.385. The summed E-state index contributed by atoms with van der Waals surface area (Å²) in [6.45, 7) is 0.347. The first-order chi connectivity index (χ1) is 9.99. The molecule has 1 atom stereocenters. The summed E-state index contributed by atoms with van der Waals surface area (Å²) in [4.78, 5) is 37.1. The second kappa shape index (κ2) is 8.51. The van der Waals surface area contributed by atoms with Crippen molar-refractivity contribution in [3.05, 3.63) is 30.1 Å². The van der Waals surface area contributed by atoms with Gasteiger partial charge >= 0.3 is 12.0 Å². The monoisotopic (exact) mass is 294 g/mol. The lowest BCUT2D eigenvalue weighted by Gasteiger charge is -2.14. The lowest BCUT2D eigenvalue weighted by molar-refractivity contribution is -0.139. The second-order valence-electron chi connectivity index (χ2n) is 4.41. The lowest BCUT2D eigenvalue weighted by atomic mass is 10.1. The minimum atomic E-state index is -1.21. The largest absolute Gasteiger partial charge is 0.480 e. The molecule has 0 saturated heterocycles. The summed E-state index contributed by atoms with van der Waals surface area (Å²) < 4.78 is 0. The highest BCUT2D eigenvalue weighted by atomic mass is 16.4. The van der Waals surface area contributed by atoms with Crippen LogP contribution in [-0.4, -0.2) is 40.6 Å². The molecular weight excluding hydrogens is 276 g/mol. The number of amides is 3. The summed E-state index contributed by atoms with van der Waals surface area (Å²) in [7, 11) is 0. The SMILES string of the molecule is NC(=O)CC[C@H](NC(=O)NCCc1cccnc1)C(=O)O. The van der Waals surface area contributed by atoms with Gasteiger partial charge in [-0.05, 0) is 24.5 Å². The molecule has 0 aliphatic heterocycles. The van der Waals surface area contributed by atoms with E-state index in [-0.39, 0.29) is 12.8 Å². The molecule has 5 N–H and O–H groups in total. The number of nitrogens with zero attached hydrogens (tertiary/aromatic N) is 1. The summed E-state index contributed by atoms with van der Waals surface area (Å²) in [6, 6.07) is 1.92. The Morgan fingerprint density at radius 2 is 2.14 bits per heavy atom. The van der Waals surface area contributed by atoms with Crippen LogP contribution in [0.4, 0.5) is 4.79 Å². The van der Waals surface area contributed by atoms with Crippen molar-refractivity contribution in [2.75, 3.05) is 6.54 Å². The van der Waals surface area contributed by atoms with Crippen LogP contribution in [-0.2, 0) is 16.0 Å². The van der Waals surface area contributed by atoms with E-state index in [0.29, 0.717) is 13.0 Å². The van der Waals surface area contributed by atoms with Gasteiger partial charge in [0.25, 0.3) is 0 Å². The number of carbonyl (C=O) groups excluding carboxylic acids is 2. The van der Waals surface area contributed by atoms with Gasteiger partial charge in [-0.3, -0.25) is 9.78 Å². The highest BCUT2D eigenvalue weighted by molar-refractivity contribution is 5.83. The van der Waals surface area contributed by atoms with Crippen molar-refractivity contribution < 1.29 is 19.5 Å². The number of pyridine rings is 1. The van der Waals surface area contributed by atoms with Gasteiger partial charge in [-0.1, -0.05) is 6.07 Å². The van der Waals surface area contributed by atoms with Gasteiger partial charge in [0, 0.05) is 25.4 Å². The first-order valence-corrected chi connectivity index (χ1v) is 6.43. The molecule has 0 aliphatic carbocycles. The lowest BCUT2D eigenvalue weighted by Crippen LogP contribution is -2.46. The minimum absolute atomic E-state index is 0.0410. The van der Waals surface area contributed by atoms with Crippen molar-refractivity contribution in [1.82, 2.24) is 15.6 Å². The number of rotatable bonds is 8. The Kier molecular flexibility index (Phi) is 6.66. The average molecular weight is 294 g/mol. The smallest absolute Gasteiger partial charge is 0.326 e. The van der Waals surface area contributed by atoms with E-state index in [1.807, 2.05) is 6.07 Å². The van der Waals surface area contributed by atoms with Crippen LogP contribution >= 0.6 is 0 Å². The van der Waals surface area contributed by atoms with Crippen LogP contribution in [0.3, 0.4) is 0 Å². The number of primary amides is 1. The number of hydrogen-bond acceptors (Lipinski definition) is 4. The predicted octanol–water partition coefficient (Wildman–Crippen LogP) is -0.358. The van der Waals surface area contributed by atoms with E-state index >= 15 is 0 Å². The molecule has 0 unspecified atom stereocenters. The first kappa shape index (κ1) is 16.4. The third kappa shape index (κ3) is 6.90. The highest BCUT2D eigenvalue weighted by Gasteiger charge is 2.20. The summed E-state index contributed by atoms with van der Waals surface area (Å²) >= 11 is 0. The molecule has 0 aliphatic rings. The predicted molar refractivity (Wildman–Crippen MR) is 74.3 cm³/mol. The van der Waals surface area contributed by atoms with Gasteiger partial charge in [-0.2, -0.15) is 0 Å². The van der Waals surface area contributed by atoms with Crippen LogP contribution < -0.4 is 16.4 Å². The normalized spacial score (nSPS) is 11.4. The molecule has 114 valence electrons. The fourth-order valence-corrected chi connectivity index (χ4v) is 1.62. The van der Waals surface area contributed by atoms with E-state index in [4.69, 9.17) is 10.8 Å². The maximum atomic E-state index is 11.6. The molecule has 0 saturated carbocycles. The molecule has 8 nitrogen and oxygen atoms in total. The van der Waals surface area contributed by atoms with E-state index in [9.17, 15) is 14.4 Å². The summed E-state index contributed by atoms with van der Waals surface area (Å²) in [6.07, 6.45) is 3.78. The summed E-state index contributed by atoms with van der Waals surface area (Å²) in [5.74, 6) is -1.82. The molecule has 1 aromatic heterocycles. The standard InChI is InChI=1S/C13H18N4O4/c14-11(18)4-3-10(12(19)20)17-13(21)16-7-5-9-2-1-6-15-8-9/h1-2,6,8,10H,3-5,7H2,(H2,14,18)(H,19,20)(H2,16,17,21)/t10-/m0/s1. The van der Waals surface area contributed by atoms with Gasteiger partial charge in [-0.25, -0.2) is 9.59 Å². The van der Waals surface area contributed by atoms with E-state index in [0.717, 1.165) is 5.56 Å². The maximum Gasteiger partial charge on any atom is 0.326 e. The molecule has 8 heteroatoms. The van der Waals surface area contributed by atoms with Crippen LogP contribution in [0.25, 0.3) is 0 Å². The number of hydrogen-bond donors (Lipinski definition) is 4. The van der Waals surface area contributed by atoms with E-state index < -0.39 is 23.9 Å². The first-order valence-electron chi connectivity index (χ1n) is 6.43. The zero-order valence-corrected chi connectivity index (χ0v) is 11.4. The Hall–Kier alpha value is -2.64. The van der Waals surface area contributed by atoms with Gasteiger partial charge in [0.15, 0.2) is 0 Å². The van der Waals surface area contributed by atoms with Crippen molar-refractivity contribution in [2.24, 2.45) is 5.73 Å². The van der Waals surface area contributed by atoms with Gasteiger partial charge < -0.3 is 21.5 Å². The van der Waals surface area contributed by atoms with E-state index in [1.54, 1.807) is 18.5 Å². The number of carbonyl (C=O) groups is 3. The topological polar surface area (TPSA) is 134 Å². The Bertz CT molecular complexity index is 492. The van der Waals surface area contributed by atoms with Crippen LogP contribution in [0.5, 0.6) is 0 Å². The number of carboxylic acids is 1. The van der Waals surface area contributed by atoms with Crippen LogP contribution in [0.2, 0.25) is 0 Å². The number of nitrogens with one attached hydrogen (secondary N) is 2. The van der Waals surface area contributed by atoms with Crippen molar-refractivity contribution in [2.45, 2.75) is 25.3 Å². The highest BCUT2D eigenvalue weighted by Crippen LogP contribution is 1.98. The van der Waals surface area contributed by atoms with E-state index in [2.05, 4.69) is 15.6 Å². The molecule has 0 bridgehead atoms. The number of nitrogens with two attached hydrogens (primary N) is 1. The molecule has 0 spiro atoms. The molecule has 3 amide bonds. The zero-order valence-electron chi connectivity index (χ0n) is 11.4. The van der Waals surface area contributed by atoms with Crippen molar-refractivity contribution in [3.8, 4) is 0 Å². The summed E-state index contributed by atoms with van der Waals surface area (Å²) in [5.41, 5.74) is 5.91. The second-order valence-corrected chi connectivity index (χ2v) is 4.41. The Balaban J connectivity index is 2.33. The fourth-order valence-electron chi connectivity index (χ4n) is 1.62. The van der Waals surface area contributed by atoms with Gasteiger partial charge in [0.1, 0.15) is 6.04 Å². The average Bonchev–Trinajstić information content (AvgIpc) is 2.44. The zero-order chi connectivity index (χ0) is 15.7. The number of aromatic nitrogens is 1. The Morgan fingerprint density at radius 3 is 2.71 bits per heavy atom. The maximum absolute atomic E-state index is 11.6. The third-order valence-corrected chi connectivity index (χ3v) is 2.70. The van der Waals surface area contributed by atoms with Gasteiger partial charge in [0.05, 0.1) is 0 Å². The van der Waals surface area contributed by atoms with Crippen LogP contribution in [0.1, 0.15) is 18.4 Å². The number of aliphatic carboxylic acids is 1. The van der Waals surface area contributed by atoms with Crippen molar-refractivity contribution in [1.29, 1.82) is 0 Å². The Labute approximate surface area is 121 Å². The van der Waals surface area contributed by atoms with Crippen molar-refractivity contribution >= 4 is 17.9 Å². The minimum Gasteiger partial charge on any atom is -0.480 e. The molecular formula is C13H18N4O4. The Morgan fingerprint density at radius 1 is 1.38 bits per heavy atom. The molecule has 1 heterocycles. The van der Waals surface area contributed by atoms with Crippen LogP contribution in [0, 0.1) is 0 Å². The van der Waals surface area contributed by atoms with Crippen molar-refractivity contribution in [3.63, 3.8) is 0 Å². The van der Waals surface area contributed by atoms with Crippen LogP contribution in [0.15, 0.2) is 24.5 Å².